The van der Waals surface area contributed by atoms with Crippen LogP contribution in [-0.2, 0) is 38.0 Å². The fraction of sp³-hybridized carbons (Fsp3) is 0.846. The van der Waals surface area contributed by atoms with Gasteiger partial charge < -0.3 is 80.2 Å². The van der Waals surface area contributed by atoms with Crippen LogP contribution >= 0.6 is 0 Å². The maximum atomic E-state index is 13.4. The Labute approximate surface area is 346 Å². The van der Waals surface area contributed by atoms with Gasteiger partial charge in [0.2, 0.25) is 12.2 Å². The topological polar surface area (TPSA) is 279 Å². The average molecular weight is 848 g/mol. The van der Waals surface area contributed by atoms with Crippen molar-refractivity contribution in [2.24, 2.45) is 11.7 Å². The van der Waals surface area contributed by atoms with Crippen molar-refractivity contribution in [2.75, 3.05) is 26.7 Å². The fourth-order valence-corrected chi connectivity index (χ4v) is 6.96. The van der Waals surface area contributed by atoms with E-state index in [0.717, 1.165) is 4.90 Å². The van der Waals surface area contributed by atoms with E-state index in [1.165, 1.54) is 14.0 Å². The normalized spacial score (nSPS) is 32.1. The van der Waals surface area contributed by atoms with Crippen LogP contribution in [-0.4, -0.2) is 160 Å². The first-order valence-electron chi connectivity index (χ1n) is 20.0. The molecule has 2 fully saturated rings. The van der Waals surface area contributed by atoms with Gasteiger partial charge in [-0.05, 0) is 100 Å². The molecule has 59 heavy (non-hydrogen) atoms. The molecule has 340 valence electrons. The molecule has 20 heteroatoms. The number of hydrogen-bond acceptors (Lipinski definition) is 16. The maximum absolute atomic E-state index is 13.4. The van der Waals surface area contributed by atoms with Gasteiger partial charge in [-0.15, -0.1) is 0 Å². The third-order valence-corrected chi connectivity index (χ3v) is 9.53. The standard InChI is InChI=1S/C39H69N5O15/c1-20-17-23(42-30(48)24(45)15-16-41-33(49)57-36(2,3)4)28(56-32-26(47)29(39(11,52)19-53-32)44(12)35(51)59-38(8,9)10)25(46)27(20)55-31-22(14-13-21(18-40)54-31)43-34(50)58-37(5,6)7/h13,20,22-29,31-32,45-47,52H,14-19,40H2,1-12H3,(H,41,49)(H,42,48)(H,43,50). The first-order chi connectivity index (χ1) is 27.0. The van der Waals surface area contributed by atoms with E-state index in [1.54, 1.807) is 75.3 Å². The highest BCUT2D eigenvalue weighted by atomic mass is 16.7. The van der Waals surface area contributed by atoms with Gasteiger partial charge in [-0.1, -0.05) is 6.92 Å². The summed E-state index contributed by atoms with van der Waals surface area (Å²) in [6.07, 6.45) is -10.6. The Morgan fingerprint density at radius 1 is 0.898 bits per heavy atom. The number of carbonyl (C=O) groups is 4. The summed E-state index contributed by atoms with van der Waals surface area (Å²) in [6, 6.07) is -3.15. The number of rotatable bonds is 12. The van der Waals surface area contributed by atoms with Gasteiger partial charge in [0.25, 0.3) is 0 Å². The van der Waals surface area contributed by atoms with E-state index in [0.29, 0.717) is 5.76 Å². The predicted molar refractivity (Wildman–Crippen MR) is 210 cm³/mol. The average Bonchev–Trinajstić information content (AvgIpc) is 3.07. The molecule has 0 radical (unpaired) electrons. The van der Waals surface area contributed by atoms with Crippen LogP contribution in [0.15, 0.2) is 11.8 Å². The Hall–Kier alpha value is -3.50. The molecule has 4 amide bonds. The molecule has 0 aromatic carbocycles. The number of alkyl carbamates (subject to hydrolysis) is 2. The van der Waals surface area contributed by atoms with Crippen molar-refractivity contribution < 1.29 is 72.8 Å². The van der Waals surface area contributed by atoms with Crippen LogP contribution in [0, 0.1) is 5.92 Å². The molecule has 0 aromatic heterocycles. The van der Waals surface area contributed by atoms with Gasteiger partial charge in [-0.2, -0.15) is 0 Å². The number of likely N-dealkylation sites (N-methyl/N-ethyl adjacent to an activating group) is 1. The summed E-state index contributed by atoms with van der Waals surface area (Å²) in [5.74, 6) is -1.00. The Balaban J connectivity index is 1.91. The molecule has 2 aliphatic heterocycles. The van der Waals surface area contributed by atoms with Gasteiger partial charge >= 0.3 is 18.3 Å². The second kappa shape index (κ2) is 19.9. The highest BCUT2D eigenvalue weighted by molar-refractivity contribution is 5.81. The number of nitrogens with zero attached hydrogens (tertiary/aromatic N) is 1. The lowest BCUT2D eigenvalue weighted by atomic mass is 9.79. The van der Waals surface area contributed by atoms with Crippen LogP contribution in [0.2, 0.25) is 0 Å². The molecule has 12 unspecified atom stereocenters. The quantitative estimate of drug-likeness (QED) is 0.128. The van der Waals surface area contributed by atoms with Gasteiger partial charge in [0.05, 0.1) is 37.4 Å². The lowest BCUT2D eigenvalue weighted by Crippen LogP contribution is -2.69. The van der Waals surface area contributed by atoms with Crippen molar-refractivity contribution >= 4 is 24.2 Å². The first kappa shape index (κ1) is 49.9. The zero-order chi connectivity index (χ0) is 44.8. The predicted octanol–water partition coefficient (Wildman–Crippen LogP) is 1.10. The molecule has 1 aliphatic carbocycles. The summed E-state index contributed by atoms with van der Waals surface area (Å²) in [5.41, 5.74) is 1.64. The van der Waals surface area contributed by atoms with Crippen LogP contribution < -0.4 is 21.7 Å². The first-order valence-corrected chi connectivity index (χ1v) is 20.0. The minimum Gasteiger partial charge on any atom is -0.466 e. The van der Waals surface area contributed by atoms with Gasteiger partial charge in [0.1, 0.15) is 52.6 Å². The van der Waals surface area contributed by atoms with Crippen LogP contribution in [0.3, 0.4) is 0 Å². The van der Waals surface area contributed by atoms with Crippen molar-refractivity contribution in [1.29, 1.82) is 0 Å². The molecule has 12 atom stereocenters. The molecule has 20 nitrogen and oxygen atoms in total. The molecule has 3 aliphatic rings. The van der Waals surface area contributed by atoms with E-state index < -0.39 is 120 Å². The van der Waals surface area contributed by atoms with E-state index in [4.69, 9.17) is 38.9 Å². The fourth-order valence-electron chi connectivity index (χ4n) is 6.96. The third-order valence-electron chi connectivity index (χ3n) is 9.53. The van der Waals surface area contributed by atoms with E-state index in [1.807, 2.05) is 0 Å². The zero-order valence-corrected chi connectivity index (χ0v) is 36.5. The monoisotopic (exact) mass is 847 g/mol. The molecular weight excluding hydrogens is 778 g/mol. The van der Waals surface area contributed by atoms with E-state index in [-0.39, 0.29) is 32.4 Å². The van der Waals surface area contributed by atoms with E-state index in [9.17, 15) is 39.6 Å². The highest BCUT2D eigenvalue weighted by Crippen LogP contribution is 2.36. The summed E-state index contributed by atoms with van der Waals surface area (Å²) in [4.78, 5) is 52.5. The number of hydrogen-bond donors (Lipinski definition) is 8. The van der Waals surface area contributed by atoms with Crippen molar-refractivity contribution in [3.63, 3.8) is 0 Å². The summed E-state index contributed by atoms with van der Waals surface area (Å²) in [5, 5.41) is 53.8. The second-order valence-corrected chi connectivity index (χ2v) is 18.7. The largest absolute Gasteiger partial charge is 0.466 e. The summed E-state index contributed by atoms with van der Waals surface area (Å²) < 4.78 is 40.6. The molecule has 0 bridgehead atoms. The molecule has 1 saturated carbocycles. The number of ether oxygens (including phenoxy) is 7. The minimum atomic E-state index is -1.79. The van der Waals surface area contributed by atoms with Crippen molar-refractivity contribution in [3.05, 3.63) is 11.8 Å². The maximum Gasteiger partial charge on any atom is 0.410 e. The highest BCUT2D eigenvalue weighted by Gasteiger charge is 2.54. The number of nitrogens with two attached hydrogens (primary N) is 1. The number of amides is 4. The molecule has 3 rings (SSSR count). The number of carbonyl (C=O) groups excluding carboxylic acids is 4. The van der Waals surface area contributed by atoms with E-state index in [2.05, 4.69) is 16.0 Å². The number of aliphatic hydroxyl groups is 4. The molecule has 2 heterocycles. The second-order valence-electron chi connectivity index (χ2n) is 18.7. The Bertz CT molecular complexity index is 1480. The molecule has 0 aromatic rings. The Morgan fingerprint density at radius 2 is 1.47 bits per heavy atom. The minimum absolute atomic E-state index is 0.0246. The SMILES string of the molecule is CC1CC(NC(=O)C(O)CCNC(=O)OC(C)(C)C)C(OC2OCC(C)(O)C(N(C)C(=O)OC(C)(C)C)C2O)C(O)C1OC1OC(CN)=CCC1NC(=O)OC(C)(C)C. The van der Waals surface area contributed by atoms with Crippen LogP contribution in [0.1, 0.15) is 95.4 Å². The van der Waals surface area contributed by atoms with Crippen LogP contribution in [0.4, 0.5) is 14.4 Å². The molecule has 0 spiro atoms. The lowest BCUT2D eigenvalue weighted by Gasteiger charge is -2.50. The lowest BCUT2D eigenvalue weighted by molar-refractivity contribution is -0.313. The van der Waals surface area contributed by atoms with Crippen LogP contribution in [0.5, 0.6) is 0 Å². The summed E-state index contributed by atoms with van der Waals surface area (Å²) >= 11 is 0. The third kappa shape index (κ3) is 14.9. The van der Waals surface area contributed by atoms with Crippen LogP contribution in [0.25, 0.3) is 0 Å². The Kier molecular flexibility index (Phi) is 16.8. The smallest absolute Gasteiger partial charge is 0.410 e. The van der Waals surface area contributed by atoms with Gasteiger partial charge in [0.15, 0.2) is 6.29 Å². The summed E-state index contributed by atoms with van der Waals surface area (Å²) in [6.45, 7) is 17.8. The van der Waals surface area contributed by atoms with Crippen molar-refractivity contribution in [2.45, 2.75) is 179 Å². The zero-order valence-electron chi connectivity index (χ0n) is 36.5. The number of aliphatic hydroxyl groups excluding tert-OH is 3. The summed E-state index contributed by atoms with van der Waals surface area (Å²) in [7, 11) is 1.35. The Morgan fingerprint density at radius 3 is 2.05 bits per heavy atom. The van der Waals surface area contributed by atoms with Crippen molar-refractivity contribution in [1.82, 2.24) is 20.9 Å². The van der Waals surface area contributed by atoms with Gasteiger partial charge in [-0.3, -0.25) is 4.79 Å². The molecule has 1 saturated heterocycles. The van der Waals surface area contributed by atoms with Crippen molar-refractivity contribution in [3.8, 4) is 0 Å². The molecule has 9 N–H and O–H groups in total. The van der Waals surface area contributed by atoms with Gasteiger partial charge in [0, 0.05) is 13.6 Å². The molecular formula is C39H69N5O15. The van der Waals surface area contributed by atoms with Gasteiger partial charge in [-0.25, -0.2) is 14.4 Å². The van der Waals surface area contributed by atoms with E-state index >= 15 is 0 Å². The number of nitrogens with one attached hydrogen (secondary N) is 3.